The molecular formula is C18H22N4O2. The van der Waals surface area contributed by atoms with Gasteiger partial charge in [0, 0.05) is 38.3 Å². The number of benzene rings is 1. The third kappa shape index (κ3) is 4.81. The second-order valence-electron chi connectivity index (χ2n) is 5.76. The van der Waals surface area contributed by atoms with Crippen LogP contribution < -0.4 is 15.5 Å². The molecule has 0 radical (unpaired) electrons. The summed E-state index contributed by atoms with van der Waals surface area (Å²) in [5.74, 6) is 0.324. The van der Waals surface area contributed by atoms with E-state index in [1.165, 1.54) is 0 Å². The summed E-state index contributed by atoms with van der Waals surface area (Å²) in [6.45, 7) is 1.80. The Morgan fingerprint density at radius 3 is 2.50 bits per heavy atom. The molecule has 0 bridgehead atoms. The summed E-state index contributed by atoms with van der Waals surface area (Å²) in [5.41, 5.74) is 1.22. The highest BCUT2D eigenvalue weighted by atomic mass is 16.2. The van der Waals surface area contributed by atoms with Gasteiger partial charge in [-0.3, -0.25) is 9.59 Å². The first-order valence-corrected chi connectivity index (χ1v) is 7.75. The van der Waals surface area contributed by atoms with Gasteiger partial charge in [-0.2, -0.15) is 0 Å². The first-order chi connectivity index (χ1) is 11.5. The maximum atomic E-state index is 12.2. The van der Waals surface area contributed by atoms with E-state index in [-0.39, 0.29) is 24.3 Å². The molecule has 0 saturated heterocycles. The molecule has 0 fully saturated rings. The average molecular weight is 326 g/mol. The Morgan fingerprint density at radius 1 is 1.12 bits per heavy atom. The van der Waals surface area contributed by atoms with Crippen molar-refractivity contribution in [1.82, 2.24) is 10.3 Å². The summed E-state index contributed by atoms with van der Waals surface area (Å²) in [6.07, 6.45) is 1.86. The monoisotopic (exact) mass is 326 g/mol. The lowest BCUT2D eigenvalue weighted by molar-refractivity contribution is -0.116. The van der Waals surface area contributed by atoms with Crippen LogP contribution in [0.4, 0.5) is 11.5 Å². The maximum Gasteiger partial charge on any atom is 0.251 e. The average Bonchev–Trinajstić information content (AvgIpc) is 2.55. The number of nitrogens with zero attached hydrogens (tertiary/aromatic N) is 2. The predicted molar refractivity (Wildman–Crippen MR) is 95.2 cm³/mol. The fourth-order valence-electron chi connectivity index (χ4n) is 2.28. The molecular weight excluding hydrogens is 304 g/mol. The Morgan fingerprint density at radius 2 is 1.83 bits per heavy atom. The van der Waals surface area contributed by atoms with Crippen LogP contribution in [0.2, 0.25) is 0 Å². The topological polar surface area (TPSA) is 74.3 Å². The minimum absolute atomic E-state index is 0.174. The van der Waals surface area contributed by atoms with Crippen molar-refractivity contribution >= 4 is 23.3 Å². The quantitative estimate of drug-likeness (QED) is 0.854. The van der Waals surface area contributed by atoms with Crippen LogP contribution >= 0.6 is 0 Å². The highest BCUT2D eigenvalue weighted by Gasteiger charge is 2.15. The van der Waals surface area contributed by atoms with Crippen molar-refractivity contribution in [2.24, 2.45) is 0 Å². The van der Waals surface area contributed by atoms with E-state index in [2.05, 4.69) is 15.6 Å². The number of hydrogen-bond donors (Lipinski definition) is 2. The van der Waals surface area contributed by atoms with Gasteiger partial charge in [0.1, 0.15) is 0 Å². The third-order valence-corrected chi connectivity index (χ3v) is 3.39. The first kappa shape index (κ1) is 17.5. The van der Waals surface area contributed by atoms with Gasteiger partial charge in [-0.1, -0.05) is 18.2 Å². The van der Waals surface area contributed by atoms with Crippen LogP contribution in [0.15, 0.2) is 48.7 Å². The fourth-order valence-corrected chi connectivity index (χ4v) is 2.28. The van der Waals surface area contributed by atoms with Crippen LogP contribution in [0.1, 0.15) is 23.7 Å². The standard InChI is InChI=1S/C18H22N4O2/c1-13(20-18(24)14-8-5-4-6-9-14)12-16(23)21-15-10-7-11-19-17(15)22(2)3/h4-11,13H,12H2,1-3H3,(H,20,24)(H,21,23)/t13-/m0/s1. The molecule has 2 rings (SSSR count). The molecule has 0 aliphatic carbocycles. The van der Waals surface area contributed by atoms with E-state index in [1.54, 1.807) is 49.5 Å². The molecule has 1 aromatic heterocycles. The maximum absolute atomic E-state index is 12.2. The van der Waals surface area contributed by atoms with Crippen LogP contribution in [-0.4, -0.2) is 36.9 Å². The second kappa shape index (κ2) is 8.10. The smallest absolute Gasteiger partial charge is 0.251 e. The molecule has 1 aromatic carbocycles. The van der Waals surface area contributed by atoms with Gasteiger partial charge < -0.3 is 15.5 Å². The van der Waals surface area contributed by atoms with Crippen LogP contribution in [0, 0.1) is 0 Å². The largest absolute Gasteiger partial charge is 0.361 e. The molecule has 0 unspecified atom stereocenters. The molecule has 0 aliphatic rings. The van der Waals surface area contributed by atoms with Crippen molar-refractivity contribution in [1.29, 1.82) is 0 Å². The molecule has 1 heterocycles. The number of amides is 2. The summed E-state index contributed by atoms with van der Waals surface area (Å²) in [5, 5.41) is 5.67. The van der Waals surface area contributed by atoms with Crippen LogP contribution in [0.25, 0.3) is 0 Å². The van der Waals surface area contributed by atoms with Crippen molar-refractivity contribution in [2.45, 2.75) is 19.4 Å². The highest BCUT2D eigenvalue weighted by molar-refractivity contribution is 5.96. The van der Waals surface area contributed by atoms with E-state index in [1.807, 2.05) is 25.1 Å². The Labute approximate surface area is 141 Å². The molecule has 2 amide bonds. The van der Waals surface area contributed by atoms with Crippen molar-refractivity contribution in [3.63, 3.8) is 0 Å². The van der Waals surface area contributed by atoms with Gasteiger partial charge in [-0.05, 0) is 31.2 Å². The summed E-state index contributed by atoms with van der Waals surface area (Å²) in [4.78, 5) is 30.4. The Hall–Kier alpha value is -2.89. The number of nitrogens with one attached hydrogen (secondary N) is 2. The molecule has 0 spiro atoms. The SMILES string of the molecule is C[C@@H](CC(=O)Nc1cccnc1N(C)C)NC(=O)c1ccccc1. The predicted octanol–water partition coefficient (Wildman–Crippen LogP) is 2.29. The molecule has 0 aliphatic heterocycles. The Balaban J connectivity index is 1.92. The molecule has 24 heavy (non-hydrogen) atoms. The fraction of sp³-hybridized carbons (Fsp3) is 0.278. The zero-order valence-electron chi connectivity index (χ0n) is 14.1. The van der Waals surface area contributed by atoms with Gasteiger partial charge >= 0.3 is 0 Å². The molecule has 0 saturated carbocycles. The summed E-state index contributed by atoms with van der Waals surface area (Å²) in [7, 11) is 3.72. The minimum atomic E-state index is -0.280. The van der Waals surface area contributed by atoms with E-state index in [4.69, 9.17) is 0 Å². The van der Waals surface area contributed by atoms with Crippen LogP contribution in [-0.2, 0) is 4.79 Å². The lowest BCUT2D eigenvalue weighted by Gasteiger charge is -2.18. The molecule has 2 N–H and O–H groups in total. The van der Waals surface area contributed by atoms with E-state index >= 15 is 0 Å². The van der Waals surface area contributed by atoms with Crippen LogP contribution in [0.3, 0.4) is 0 Å². The van der Waals surface area contributed by atoms with E-state index in [0.717, 1.165) is 0 Å². The van der Waals surface area contributed by atoms with E-state index in [0.29, 0.717) is 17.1 Å². The summed E-state index contributed by atoms with van der Waals surface area (Å²) in [6, 6.07) is 12.2. The lowest BCUT2D eigenvalue weighted by Crippen LogP contribution is -2.35. The van der Waals surface area contributed by atoms with Gasteiger partial charge in [0.25, 0.3) is 5.91 Å². The second-order valence-corrected chi connectivity index (χ2v) is 5.76. The zero-order chi connectivity index (χ0) is 17.5. The summed E-state index contributed by atoms with van der Waals surface area (Å²) >= 11 is 0. The molecule has 6 nitrogen and oxygen atoms in total. The molecule has 126 valence electrons. The number of pyridine rings is 1. The van der Waals surface area contributed by atoms with E-state index < -0.39 is 0 Å². The normalized spacial score (nSPS) is 11.5. The van der Waals surface area contributed by atoms with Crippen molar-refractivity contribution < 1.29 is 9.59 Å². The van der Waals surface area contributed by atoms with Gasteiger partial charge in [-0.25, -0.2) is 4.98 Å². The van der Waals surface area contributed by atoms with Gasteiger partial charge in [0.2, 0.25) is 5.91 Å². The number of hydrogen-bond acceptors (Lipinski definition) is 4. The van der Waals surface area contributed by atoms with Crippen molar-refractivity contribution in [3.8, 4) is 0 Å². The van der Waals surface area contributed by atoms with Crippen molar-refractivity contribution in [3.05, 3.63) is 54.2 Å². The first-order valence-electron chi connectivity index (χ1n) is 7.75. The number of rotatable bonds is 6. The van der Waals surface area contributed by atoms with E-state index in [9.17, 15) is 9.59 Å². The lowest BCUT2D eigenvalue weighted by atomic mass is 10.1. The number of anilines is 2. The van der Waals surface area contributed by atoms with Crippen LogP contribution in [0.5, 0.6) is 0 Å². The highest BCUT2D eigenvalue weighted by Crippen LogP contribution is 2.20. The number of aromatic nitrogens is 1. The van der Waals surface area contributed by atoms with Crippen molar-refractivity contribution in [2.75, 3.05) is 24.3 Å². The molecule has 2 aromatic rings. The number of carbonyl (C=O) groups excluding carboxylic acids is 2. The number of carbonyl (C=O) groups is 2. The summed E-state index contributed by atoms with van der Waals surface area (Å²) < 4.78 is 0. The Kier molecular flexibility index (Phi) is 5.89. The Bertz CT molecular complexity index is 701. The van der Waals surface area contributed by atoms with Gasteiger partial charge in [0.05, 0.1) is 5.69 Å². The third-order valence-electron chi connectivity index (χ3n) is 3.39. The molecule has 6 heteroatoms. The van der Waals surface area contributed by atoms with Gasteiger partial charge in [-0.15, -0.1) is 0 Å². The molecule has 1 atom stereocenters. The zero-order valence-corrected chi connectivity index (χ0v) is 14.1. The minimum Gasteiger partial charge on any atom is -0.361 e. The van der Waals surface area contributed by atoms with Gasteiger partial charge in [0.15, 0.2) is 5.82 Å².